The first-order chi connectivity index (χ1) is 13.5. The topological polar surface area (TPSA) is 74.9 Å². The number of carbonyl (C=O) groups is 2. The van der Waals surface area contributed by atoms with Crippen LogP contribution in [0.5, 0.6) is 5.75 Å². The molecule has 0 radical (unpaired) electrons. The van der Waals surface area contributed by atoms with Crippen molar-refractivity contribution in [1.82, 2.24) is 9.88 Å². The summed E-state index contributed by atoms with van der Waals surface area (Å²) in [4.78, 5) is 32.2. The number of piperazine rings is 1. The molecule has 1 aliphatic rings. The minimum absolute atomic E-state index is 0.0125. The first-order valence-corrected chi connectivity index (χ1v) is 9.37. The largest absolute Gasteiger partial charge is 0.495 e. The highest BCUT2D eigenvalue weighted by molar-refractivity contribution is 6.02. The molecule has 28 heavy (non-hydrogen) atoms. The summed E-state index contributed by atoms with van der Waals surface area (Å²) in [5.41, 5.74) is 3.34. The molecule has 3 rings (SSSR count). The van der Waals surface area contributed by atoms with Crippen molar-refractivity contribution in [3.8, 4) is 5.75 Å². The van der Waals surface area contributed by atoms with Crippen LogP contribution in [0.2, 0.25) is 0 Å². The fourth-order valence-corrected chi connectivity index (χ4v) is 3.76. The molecule has 0 spiro atoms. The van der Waals surface area contributed by atoms with E-state index >= 15 is 0 Å². The second-order valence-corrected chi connectivity index (χ2v) is 6.97. The van der Waals surface area contributed by atoms with Gasteiger partial charge in [0.25, 0.3) is 0 Å². The van der Waals surface area contributed by atoms with Crippen LogP contribution < -0.4 is 9.64 Å². The summed E-state index contributed by atoms with van der Waals surface area (Å²) in [7, 11) is 3.02. The number of rotatable bonds is 6. The summed E-state index contributed by atoms with van der Waals surface area (Å²) in [6.45, 7) is 7.10. The van der Waals surface area contributed by atoms with E-state index in [-0.39, 0.29) is 5.78 Å². The molecule has 2 heterocycles. The number of methoxy groups -OCH3 is 2. The maximum Gasteiger partial charge on any atom is 0.339 e. The molecule has 1 aromatic heterocycles. The van der Waals surface area contributed by atoms with Crippen LogP contribution in [-0.4, -0.2) is 68.6 Å². The van der Waals surface area contributed by atoms with Gasteiger partial charge in [-0.05, 0) is 31.5 Å². The maximum absolute atomic E-state index is 12.8. The molecule has 0 atom stereocenters. The zero-order chi connectivity index (χ0) is 20.3. The number of hydrogen-bond donors (Lipinski definition) is 1. The Morgan fingerprint density at radius 1 is 1.07 bits per heavy atom. The number of aromatic amines is 1. The molecule has 1 N–H and O–H groups in total. The summed E-state index contributed by atoms with van der Waals surface area (Å²) < 4.78 is 10.3. The lowest BCUT2D eigenvalue weighted by Crippen LogP contribution is -2.48. The van der Waals surface area contributed by atoms with Gasteiger partial charge in [0.2, 0.25) is 0 Å². The highest BCUT2D eigenvalue weighted by Crippen LogP contribution is 2.28. The van der Waals surface area contributed by atoms with E-state index in [1.165, 1.54) is 7.11 Å². The number of aryl methyl sites for hydroxylation is 1. The Kier molecular flexibility index (Phi) is 6.04. The Bertz CT molecular complexity index is 867. The predicted octanol–water partition coefficient (Wildman–Crippen LogP) is 2.43. The molecule has 2 aromatic rings. The second-order valence-electron chi connectivity index (χ2n) is 6.97. The van der Waals surface area contributed by atoms with E-state index in [0.29, 0.717) is 29.1 Å². The van der Waals surface area contributed by atoms with Crippen molar-refractivity contribution in [2.24, 2.45) is 0 Å². The third-order valence-electron chi connectivity index (χ3n) is 5.27. The van der Waals surface area contributed by atoms with Crippen molar-refractivity contribution in [1.29, 1.82) is 0 Å². The number of H-pyrrole nitrogens is 1. The minimum Gasteiger partial charge on any atom is -0.495 e. The molecule has 0 amide bonds. The summed E-state index contributed by atoms with van der Waals surface area (Å²) >= 11 is 0. The molecule has 0 bridgehead atoms. The predicted molar refractivity (Wildman–Crippen MR) is 108 cm³/mol. The monoisotopic (exact) mass is 385 g/mol. The van der Waals surface area contributed by atoms with Crippen LogP contribution in [0.25, 0.3) is 0 Å². The number of anilines is 1. The smallest absolute Gasteiger partial charge is 0.339 e. The fourth-order valence-electron chi connectivity index (χ4n) is 3.76. The van der Waals surface area contributed by atoms with Gasteiger partial charge in [-0.3, -0.25) is 9.69 Å². The van der Waals surface area contributed by atoms with Crippen molar-refractivity contribution in [2.45, 2.75) is 13.8 Å². The molecule has 0 saturated carbocycles. The average Bonchev–Trinajstić information content (AvgIpc) is 3.02. The number of Topliss-reactive ketones (excluding diaryl/α,β-unsaturated/α-hetero) is 1. The fraction of sp³-hybridized carbons (Fsp3) is 0.429. The SMILES string of the molecule is COC(=O)c1c(C)[nH]c(C(=O)CN2CCN(c3ccccc3OC)CC2)c1C. The number of hydrogen-bond acceptors (Lipinski definition) is 6. The van der Waals surface area contributed by atoms with Gasteiger partial charge in [-0.25, -0.2) is 4.79 Å². The number of nitrogens with zero attached hydrogens (tertiary/aromatic N) is 2. The van der Waals surface area contributed by atoms with E-state index in [4.69, 9.17) is 9.47 Å². The van der Waals surface area contributed by atoms with Crippen LogP contribution in [-0.2, 0) is 4.74 Å². The highest BCUT2D eigenvalue weighted by Gasteiger charge is 2.25. The molecule has 1 aliphatic heterocycles. The number of ether oxygens (including phenoxy) is 2. The molecular weight excluding hydrogens is 358 g/mol. The van der Waals surface area contributed by atoms with E-state index in [9.17, 15) is 9.59 Å². The highest BCUT2D eigenvalue weighted by atomic mass is 16.5. The van der Waals surface area contributed by atoms with Crippen molar-refractivity contribution < 1.29 is 19.1 Å². The number of aromatic nitrogens is 1. The number of ketones is 1. The molecule has 150 valence electrons. The standard InChI is InChI=1S/C21H27N3O4/c1-14-19(21(26)28-4)15(2)22-20(14)17(25)13-23-9-11-24(12-10-23)16-7-5-6-8-18(16)27-3/h5-8,22H,9-13H2,1-4H3. The normalized spacial score (nSPS) is 14.8. The number of esters is 1. The Morgan fingerprint density at radius 2 is 1.75 bits per heavy atom. The first-order valence-electron chi connectivity index (χ1n) is 9.37. The van der Waals surface area contributed by atoms with Gasteiger partial charge in [0.1, 0.15) is 5.75 Å². The van der Waals surface area contributed by atoms with Gasteiger partial charge in [-0.1, -0.05) is 12.1 Å². The molecule has 1 saturated heterocycles. The number of benzene rings is 1. The number of nitrogens with one attached hydrogen (secondary N) is 1. The molecular formula is C21H27N3O4. The van der Waals surface area contributed by atoms with Gasteiger partial charge >= 0.3 is 5.97 Å². The van der Waals surface area contributed by atoms with Gasteiger partial charge in [0.05, 0.1) is 37.7 Å². The molecule has 1 aromatic carbocycles. The van der Waals surface area contributed by atoms with Crippen molar-refractivity contribution in [2.75, 3.05) is 51.8 Å². The van der Waals surface area contributed by atoms with Crippen molar-refractivity contribution in [3.63, 3.8) is 0 Å². The van der Waals surface area contributed by atoms with Crippen LogP contribution in [0, 0.1) is 13.8 Å². The maximum atomic E-state index is 12.8. The van der Waals surface area contributed by atoms with Gasteiger partial charge < -0.3 is 19.4 Å². The molecule has 0 unspecified atom stereocenters. The zero-order valence-corrected chi connectivity index (χ0v) is 16.9. The Balaban J connectivity index is 1.64. The lowest BCUT2D eigenvalue weighted by Gasteiger charge is -2.36. The average molecular weight is 385 g/mol. The van der Waals surface area contributed by atoms with Crippen LogP contribution >= 0.6 is 0 Å². The van der Waals surface area contributed by atoms with Crippen LogP contribution in [0.15, 0.2) is 24.3 Å². The van der Waals surface area contributed by atoms with Crippen molar-refractivity contribution in [3.05, 3.63) is 46.8 Å². The first kappa shape index (κ1) is 19.9. The van der Waals surface area contributed by atoms with Gasteiger partial charge in [-0.2, -0.15) is 0 Å². The van der Waals surface area contributed by atoms with Gasteiger partial charge in [-0.15, -0.1) is 0 Å². The summed E-state index contributed by atoms with van der Waals surface area (Å²) in [5, 5.41) is 0. The van der Waals surface area contributed by atoms with Gasteiger partial charge in [0.15, 0.2) is 5.78 Å². The van der Waals surface area contributed by atoms with E-state index < -0.39 is 5.97 Å². The molecule has 1 fully saturated rings. The summed E-state index contributed by atoms with van der Waals surface area (Å²) in [6, 6.07) is 7.98. The quantitative estimate of drug-likeness (QED) is 0.608. The van der Waals surface area contributed by atoms with Crippen molar-refractivity contribution >= 4 is 17.4 Å². The molecule has 7 nitrogen and oxygen atoms in total. The lowest BCUT2D eigenvalue weighted by molar-refractivity contribution is 0.0599. The van der Waals surface area contributed by atoms with Crippen LogP contribution in [0.1, 0.15) is 32.1 Å². The molecule has 0 aliphatic carbocycles. The zero-order valence-electron chi connectivity index (χ0n) is 16.9. The number of para-hydroxylation sites is 2. The second kappa shape index (κ2) is 8.48. The summed E-state index contributed by atoms with van der Waals surface area (Å²) in [6.07, 6.45) is 0. The van der Waals surface area contributed by atoms with E-state index in [1.54, 1.807) is 21.0 Å². The minimum atomic E-state index is -0.421. The van der Waals surface area contributed by atoms with Gasteiger partial charge in [0, 0.05) is 31.9 Å². The van der Waals surface area contributed by atoms with E-state index in [0.717, 1.165) is 37.6 Å². The van der Waals surface area contributed by atoms with Crippen LogP contribution in [0.4, 0.5) is 5.69 Å². The van der Waals surface area contributed by atoms with E-state index in [1.807, 2.05) is 18.2 Å². The Morgan fingerprint density at radius 3 is 2.39 bits per heavy atom. The van der Waals surface area contributed by atoms with E-state index in [2.05, 4.69) is 20.9 Å². The summed E-state index contributed by atoms with van der Waals surface area (Å²) in [5.74, 6) is 0.428. The Labute approximate surface area is 165 Å². The lowest BCUT2D eigenvalue weighted by atomic mass is 10.1. The van der Waals surface area contributed by atoms with Crippen LogP contribution in [0.3, 0.4) is 0 Å². The third kappa shape index (κ3) is 3.89. The number of carbonyl (C=O) groups excluding carboxylic acids is 2. The Hall–Kier alpha value is -2.80. The third-order valence-corrected chi connectivity index (χ3v) is 5.27. The molecule has 7 heteroatoms.